The largest absolute Gasteiger partial charge is 0.493 e. The fraction of sp³-hybridized carbons (Fsp3) is 0.429. The van der Waals surface area contributed by atoms with E-state index in [1.54, 1.807) is 26.6 Å². The first kappa shape index (κ1) is 19.0. The molecule has 2 aromatic rings. The molecule has 1 N–H and O–H groups in total. The number of methoxy groups -OCH3 is 2. The van der Waals surface area contributed by atoms with Crippen molar-refractivity contribution in [1.82, 2.24) is 9.88 Å². The number of aromatic nitrogens is 1. The SMILES string of the molecule is CCC(C)Nc1cncc(C(=O)N2CCc3cc(OC)c(OC)cc3C2)c1. The van der Waals surface area contributed by atoms with Crippen molar-refractivity contribution in [3.63, 3.8) is 0 Å². The zero-order valence-corrected chi connectivity index (χ0v) is 16.4. The number of fused-ring (bicyclic) bond motifs is 1. The molecule has 0 fully saturated rings. The van der Waals surface area contributed by atoms with Crippen LogP contribution in [0, 0.1) is 0 Å². The Labute approximate surface area is 160 Å². The third kappa shape index (κ3) is 4.15. The second-order valence-corrected chi connectivity index (χ2v) is 6.87. The van der Waals surface area contributed by atoms with Crippen LogP contribution in [-0.4, -0.2) is 42.6 Å². The summed E-state index contributed by atoms with van der Waals surface area (Å²) in [5.41, 5.74) is 3.77. The molecule has 1 aromatic carbocycles. The summed E-state index contributed by atoms with van der Waals surface area (Å²) in [7, 11) is 3.26. The van der Waals surface area contributed by atoms with Gasteiger partial charge in [0.25, 0.3) is 5.91 Å². The van der Waals surface area contributed by atoms with E-state index in [9.17, 15) is 4.79 Å². The zero-order valence-electron chi connectivity index (χ0n) is 16.4. The predicted octanol–water partition coefficient (Wildman–Crippen LogP) is 3.51. The van der Waals surface area contributed by atoms with E-state index < -0.39 is 0 Å². The molecule has 1 amide bonds. The van der Waals surface area contributed by atoms with Crippen LogP contribution in [0.5, 0.6) is 11.5 Å². The van der Waals surface area contributed by atoms with Gasteiger partial charge in [-0.15, -0.1) is 0 Å². The number of carbonyl (C=O) groups is 1. The number of hydrogen-bond acceptors (Lipinski definition) is 5. The van der Waals surface area contributed by atoms with Crippen molar-refractivity contribution >= 4 is 11.6 Å². The van der Waals surface area contributed by atoms with Crippen LogP contribution in [0.1, 0.15) is 41.8 Å². The van der Waals surface area contributed by atoms with Gasteiger partial charge in [0.1, 0.15) is 0 Å². The van der Waals surface area contributed by atoms with E-state index in [1.165, 1.54) is 5.56 Å². The smallest absolute Gasteiger partial charge is 0.255 e. The molecule has 0 spiro atoms. The van der Waals surface area contributed by atoms with Crippen LogP contribution in [0.3, 0.4) is 0 Å². The number of amides is 1. The number of hydrogen-bond donors (Lipinski definition) is 1. The lowest BCUT2D eigenvalue weighted by molar-refractivity contribution is 0.0734. The molecule has 144 valence electrons. The summed E-state index contributed by atoms with van der Waals surface area (Å²) in [5, 5.41) is 3.37. The lowest BCUT2D eigenvalue weighted by Crippen LogP contribution is -2.36. The maximum Gasteiger partial charge on any atom is 0.255 e. The van der Waals surface area contributed by atoms with Crippen molar-refractivity contribution in [2.45, 2.75) is 39.3 Å². The van der Waals surface area contributed by atoms with E-state index in [0.717, 1.165) is 29.8 Å². The first-order valence-corrected chi connectivity index (χ1v) is 9.30. The van der Waals surface area contributed by atoms with Crippen LogP contribution in [0.4, 0.5) is 5.69 Å². The van der Waals surface area contributed by atoms with Crippen LogP contribution in [0.25, 0.3) is 0 Å². The number of nitrogens with zero attached hydrogens (tertiary/aromatic N) is 2. The molecule has 1 unspecified atom stereocenters. The molecule has 0 bridgehead atoms. The number of pyridine rings is 1. The van der Waals surface area contributed by atoms with E-state index in [2.05, 4.69) is 24.1 Å². The van der Waals surface area contributed by atoms with Crippen molar-refractivity contribution in [1.29, 1.82) is 0 Å². The highest BCUT2D eigenvalue weighted by Gasteiger charge is 2.24. The molecule has 1 atom stereocenters. The molecule has 1 aromatic heterocycles. The van der Waals surface area contributed by atoms with Crippen LogP contribution in [0.15, 0.2) is 30.6 Å². The van der Waals surface area contributed by atoms with Crippen LogP contribution < -0.4 is 14.8 Å². The predicted molar refractivity (Wildman–Crippen MR) is 106 cm³/mol. The lowest BCUT2D eigenvalue weighted by Gasteiger charge is -2.29. The summed E-state index contributed by atoms with van der Waals surface area (Å²) in [4.78, 5) is 19.1. The third-order valence-electron chi connectivity index (χ3n) is 5.02. The van der Waals surface area contributed by atoms with Crippen LogP contribution >= 0.6 is 0 Å². The van der Waals surface area contributed by atoms with Crippen molar-refractivity contribution in [2.24, 2.45) is 0 Å². The summed E-state index contributed by atoms with van der Waals surface area (Å²) in [6.45, 7) is 5.45. The quantitative estimate of drug-likeness (QED) is 0.844. The monoisotopic (exact) mass is 369 g/mol. The van der Waals surface area contributed by atoms with Gasteiger partial charge in [0.05, 0.1) is 25.5 Å². The van der Waals surface area contributed by atoms with Gasteiger partial charge in [0.2, 0.25) is 0 Å². The summed E-state index contributed by atoms with van der Waals surface area (Å²) in [6.07, 6.45) is 5.19. The van der Waals surface area contributed by atoms with E-state index in [4.69, 9.17) is 9.47 Å². The minimum absolute atomic E-state index is 0.00395. The summed E-state index contributed by atoms with van der Waals surface area (Å²) in [5.74, 6) is 1.41. The summed E-state index contributed by atoms with van der Waals surface area (Å²) < 4.78 is 10.8. The van der Waals surface area contributed by atoms with Gasteiger partial charge < -0.3 is 19.7 Å². The maximum atomic E-state index is 13.0. The second-order valence-electron chi connectivity index (χ2n) is 6.87. The van der Waals surface area contributed by atoms with Gasteiger partial charge in [0.15, 0.2) is 11.5 Å². The number of anilines is 1. The van der Waals surface area contributed by atoms with Gasteiger partial charge >= 0.3 is 0 Å². The Morgan fingerprint density at radius 3 is 2.56 bits per heavy atom. The molecule has 0 radical (unpaired) electrons. The second kappa shape index (κ2) is 8.29. The molecule has 27 heavy (non-hydrogen) atoms. The molecular formula is C21H27N3O3. The average Bonchev–Trinajstić information content (AvgIpc) is 2.71. The standard InChI is InChI=1S/C21H27N3O3/c1-5-14(2)23-18-8-16(11-22-12-18)21(25)24-7-6-15-9-19(26-3)20(27-4)10-17(15)13-24/h8-12,14,23H,5-7,13H2,1-4H3. The molecule has 2 heterocycles. The van der Waals surface area contributed by atoms with Crippen LogP contribution in [0.2, 0.25) is 0 Å². The third-order valence-corrected chi connectivity index (χ3v) is 5.02. The molecule has 3 rings (SSSR count). The molecular weight excluding hydrogens is 342 g/mol. The highest BCUT2D eigenvalue weighted by molar-refractivity contribution is 5.95. The van der Waals surface area contributed by atoms with Crippen molar-refractivity contribution in [2.75, 3.05) is 26.1 Å². The molecule has 6 nitrogen and oxygen atoms in total. The highest BCUT2D eigenvalue weighted by atomic mass is 16.5. The average molecular weight is 369 g/mol. The van der Waals surface area contributed by atoms with Crippen molar-refractivity contribution in [3.8, 4) is 11.5 Å². The topological polar surface area (TPSA) is 63.7 Å². The minimum atomic E-state index is -0.00395. The number of benzene rings is 1. The Kier molecular flexibility index (Phi) is 5.84. The molecule has 0 saturated heterocycles. The minimum Gasteiger partial charge on any atom is -0.493 e. The number of rotatable bonds is 6. The van der Waals surface area contributed by atoms with Crippen molar-refractivity contribution < 1.29 is 14.3 Å². The van der Waals surface area contributed by atoms with Gasteiger partial charge in [-0.1, -0.05) is 6.92 Å². The van der Waals surface area contributed by atoms with Gasteiger partial charge in [-0.3, -0.25) is 9.78 Å². The Morgan fingerprint density at radius 2 is 1.89 bits per heavy atom. The summed E-state index contributed by atoms with van der Waals surface area (Å²) in [6, 6.07) is 6.19. The maximum absolute atomic E-state index is 13.0. The van der Waals surface area contributed by atoms with Gasteiger partial charge in [0, 0.05) is 31.5 Å². The van der Waals surface area contributed by atoms with Gasteiger partial charge in [-0.25, -0.2) is 0 Å². The molecule has 1 aliphatic heterocycles. The normalized spacial score (nSPS) is 14.3. The molecule has 6 heteroatoms. The lowest BCUT2D eigenvalue weighted by atomic mass is 9.98. The fourth-order valence-corrected chi connectivity index (χ4v) is 3.26. The molecule has 0 saturated carbocycles. The number of nitrogens with one attached hydrogen (secondary N) is 1. The Bertz CT molecular complexity index is 822. The van der Waals surface area contributed by atoms with Crippen molar-refractivity contribution in [3.05, 3.63) is 47.3 Å². The Morgan fingerprint density at radius 1 is 1.19 bits per heavy atom. The van der Waals surface area contributed by atoms with E-state index in [1.807, 2.05) is 23.1 Å². The highest BCUT2D eigenvalue weighted by Crippen LogP contribution is 2.33. The number of ether oxygens (including phenoxy) is 2. The first-order chi connectivity index (χ1) is 13.0. The summed E-state index contributed by atoms with van der Waals surface area (Å²) >= 11 is 0. The molecule has 1 aliphatic rings. The fourth-order valence-electron chi connectivity index (χ4n) is 3.26. The van der Waals surface area contributed by atoms with Gasteiger partial charge in [-0.05, 0) is 49.1 Å². The Balaban J connectivity index is 1.79. The van der Waals surface area contributed by atoms with Gasteiger partial charge in [-0.2, -0.15) is 0 Å². The van der Waals surface area contributed by atoms with Crippen LogP contribution in [-0.2, 0) is 13.0 Å². The molecule has 0 aliphatic carbocycles. The van der Waals surface area contributed by atoms with E-state index >= 15 is 0 Å². The first-order valence-electron chi connectivity index (χ1n) is 9.30. The van der Waals surface area contributed by atoms with E-state index in [-0.39, 0.29) is 5.91 Å². The number of carbonyl (C=O) groups excluding carboxylic acids is 1. The Hall–Kier alpha value is -2.76. The van der Waals surface area contributed by atoms with E-state index in [0.29, 0.717) is 30.4 Å². The zero-order chi connectivity index (χ0) is 19.4.